The first kappa shape index (κ1) is 12.4. The Kier molecular flexibility index (Phi) is 3.82. The molecule has 0 radical (unpaired) electrons. The second-order valence-corrected chi connectivity index (χ2v) is 3.97. The smallest absolute Gasteiger partial charge is 0.289 e. The Morgan fingerprint density at radius 1 is 1.44 bits per heavy atom. The van der Waals surface area contributed by atoms with Crippen molar-refractivity contribution in [2.75, 3.05) is 13.2 Å². The molecule has 4 nitrogen and oxygen atoms in total. The van der Waals surface area contributed by atoms with Gasteiger partial charge in [-0.15, -0.1) is 0 Å². The van der Waals surface area contributed by atoms with Gasteiger partial charge >= 0.3 is 0 Å². The zero-order valence-corrected chi connectivity index (χ0v) is 10.0. The summed E-state index contributed by atoms with van der Waals surface area (Å²) in [5.41, 5.74) is 1.28. The van der Waals surface area contributed by atoms with E-state index in [1.165, 1.54) is 12.3 Å². The summed E-state index contributed by atoms with van der Waals surface area (Å²) in [4.78, 5) is 11.6. The summed E-state index contributed by atoms with van der Waals surface area (Å²) in [5, 5.41) is 2.64. The van der Waals surface area contributed by atoms with Crippen LogP contribution in [0.25, 0.3) is 0 Å². The van der Waals surface area contributed by atoms with Crippen LogP contribution in [0.15, 0.2) is 30.2 Å². The van der Waals surface area contributed by atoms with Crippen LogP contribution in [-0.4, -0.2) is 19.1 Å². The molecule has 1 amide bonds. The number of hydrogen-bond acceptors (Lipinski definition) is 3. The van der Waals surface area contributed by atoms with Gasteiger partial charge in [-0.3, -0.25) is 4.79 Å². The van der Waals surface area contributed by atoms with E-state index in [1.54, 1.807) is 19.1 Å². The highest BCUT2D eigenvalue weighted by Gasteiger charge is 2.14. The van der Waals surface area contributed by atoms with Crippen molar-refractivity contribution in [3.63, 3.8) is 0 Å². The number of ether oxygens (including phenoxy) is 2. The predicted octanol–water partition coefficient (Wildman–Crippen LogP) is 1.64. The Morgan fingerprint density at radius 3 is 2.94 bits per heavy atom. The molecule has 1 aromatic rings. The van der Waals surface area contributed by atoms with Crippen molar-refractivity contribution in [2.24, 2.45) is 0 Å². The zero-order valence-electron chi connectivity index (χ0n) is 10.0. The molecule has 0 saturated carbocycles. The summed E-state index contributed by atoms with van der Waals surface area (Å²) in [6.45, 7) is 2.74. The molecule has 1 heterocycles. The minimum atomic E-state index is -0.365. The fourth-order valence-corrected chi connectivity index (χ4v) is 1.50. The third-order valence-corrected chi connectivity index (χ3v) is 2.56. The number of carbonyl (C=O) groups is 1. The summed E-state index contributed by atoms with van der Waals surface area (Å²) in [5.74, 6) is -0.497. The van der Waals surface area contributed by atoms with Gasteiger partial charge in [-0.25, -0.2) is 4.39 Å². The quantitative estimate of drug-likeness (QED) is 0.888. The molecule has 0 fully saturated rings. The van der Waals surface area contributed by atoms with Crippen molar-refractivity contribution in [1.82, 2.24) is 5.32 Å². The molecule has 0 unspecified atom stereocenters. The second kappa shape index (κ2) is 5.53. The molecule has 96 valence electrons. The van der Waals surface area contributed by atoms with Crippen molar-refractivity contribution in [2.45, 2.75) is 13.5 Å². The number of amides is 1. The standard InChI is InChI=1S/C13H14FNO3/c1-9-2-3-10(6-11(9)14)7-15-13(16)12-8-17-4-5-18-12/h2-3,6,8H,4-5,7H2,1H3,(H,15,16). The van der Waals surface area contributed by atoms with Crippen LogP contribution in [0.2, 0.25) is 0 Å². The molecule has 0 saturated heterocycles. The van der Waals surface area contributed by atoms with Gasteiger partial charge in [-0.05, 0) is 24.1 Å². The largest absolute Gasteiger partial charge is 0.494 e. The van der Waals surface area contributed by atoms with Crippen molar-refractivity contribution in [3.05, 3.63) is 47.2 Å². The van der Waals surface area contributed by atoms with Crippen LogP contribution in [0.5, 0.6) is 0 Å². The van der Waals surface area contributed by atoms with E-state index in [0.717, 1.165) is 0 Å². The highest BCUT2D eigenvalue weighted by atomic mass is 19.1. The molecule has 0 aliphatic carbocycles. The molecule has 0 atom stereocenters. The Labute approximate surface area is 104 Å². The minimum Gasteiger partial charge on any atom is -0.494 e. The lowest BCUT2D eigenvalue weighted by atomic mass is 10.1. The number of hydrogen-bond donors (Lipinski definition) is 1. The predicted molar refractivity (Wildman–Crippen MR) is 63.0 cm³/mol. The van der Waals surface area contributed by atoms with Crippen molar-refractivity contribution < 1.29 is 18.7 Å². The van der Waals surface area contributed by atoms with Crippen molar-refractivity contribution in [3.8, 4) is 0 Å². The summed E-state index contributed by atoms with van der Waals surface area (Å²) in [6.07, 6.45) is 1.29. The van der Waals surface area contributed by atoms with Crippen molar-refractivity contribution in [1.29, 1.82) is 0 Å². The lowest BCUT2D eigenvalue weighted by Crippen LogP contribution is -2.28. The maximum absolute atomic E-state index is 13.3. The van der Waals surface area contributed by atoms with E-state index in [9.17, 15) is 9.18 Å². The average Bonchev–Trinajstić information content (AvgIpc) is 2.41. The number of nitrogens with one attached hydrogen (secondary N) is 1. The van der Waals surface area contributed by atoms with Gasteiger partial charge in [0.25, 0.3) is 5.91 Å². The number of benzene rings is 1. The first-order valence-corrected chi connectivity index (χ1v) is 5.64. The molecule has 0 spiro atoms. The molecule has 0 bridgehead atoms. The number of rotatable bonds is 3. The van der Waals surface area contributed by atoms with E-state index in [4.69, 9.17) is 9.47 Å². The fourth-order valence-electron chi connectivity index (χ4n) is 1.50. The molecular weight excluding hydrogens is 237 g/mol. The van der Waals surface area contributed by atoms with Crippen LogP contribution in [0, 0.1) is 12.7 Å². The minimum absolute atomic E-state index is 0.147. The summed E-state index contributed by atoms with van der Waals surface area (Å²) in [6, 6.07) is 4.85. The van der Waals surface area contributed by atoms with Crippen LogP contribution in [0.3, 0.4) is 0 Å². The lowest BCUT2D eigenvalue weighted by Gasteiger charge is -2.15. The fraction of sp³-hybridized carbons (Fsp3) is 0.308. The molecule has 1 aliphatic rings. The Morgan fingerprint density at radius 2 is 2.28 bits per heavy atom. The summed E-state index contributed by atoms with van der Waals surface area (Å²) >= 11 is 0. The van der Waals surface area contributed by atoms with Gasteiger partial charge in [-0.1, -0.05) is 12.1 Å². The van der Waals surface area contributed by atoms with Gasteiger partial charge in [0, 0.05) is 6.54 Å². The number of aryl methyl sites for hydroxylation is 1. The van der Waals surface area contributed by atoms with Crippen LogP contribution in [0.1, 0.15) is 11.1 Å². The summed E-state index contributed by atoms with van der Waals surface area (Å²) in [7, 11) is 0. The van der Waals surface area contributed by atoms with Gasteiger partial charge in [0.2, 0.25) is 5.76 Å². The van der Waals surface area contributed by atoms with E-state index in [1.807, 2.05) is 0 Å². The molecule has 5 heteroatoms. The monoisotopic (exact) mass is 251 g/mol. The van der Waals surface area contributed by atoms with Crippen LogP contribution < -0.4 is 5.32 Å². The SMILES string of the molecule is Cc1ccc(CNC(=O)C2=COCCO2)cc1F. The second-order valence-electron chi connectivity index (χ2n) is 3.97. The van der Waals surface area contributed by atoms with E-state index in [0.29, 0.717) is 24.3 Å². The van der Waals surface area contributed by atoms with Gasteiger partial charge in [0.1, 0.15) is 25.3 Å². The van der Waals surface area contributed by atoms with Crippen LogP contribution in [0.4, 0.5) is 4.39 Å². The molecular formula is C13H14FNO3. The van der Waals surface area contributed by atoms with E-state index >= 15 is 0 Å². The van der Waals surface area contributed by atoms with E-state index < -0.39 is 0 Å². The first-order chi connectivity index (χ1) is 8.66. The Bertz CT molecular complexity index is 485. The summed E-state index contributed by atoms with van der Waals surface area (Å²) < 4.78 is 23.4. The van der Waals surface area contributed by atoms with Gasteiger partial charge < -0.3 is 14.8 Å². The highest BCUT2D eigenvalue weighted by Crippen LogP contribution is 2.09. The lowest BCUT2D eigenvalue weighted by molar-refractivity contribution is -0.122. The number of carbonyl (C=O) groups excluding carboxylic acids is 1. The maximum atomic E-state index is 13.3. The van der Waals surface area contributed by atoms with Gasteiger partial charge in [-0.2, -0.15) is 0 Å². The molecule has 1 aliphatic heterocycles. The third kappa shape index (κ3) is 3.00. The Hall–Kier alpha value is -2.04. The van der Waals surface area contributed by atoms with Gasteiger partial charge in [0.05, 0.1) is 0 Å². The molecule has 1 N–H and O–H groups in total. The Balaban J connectivity index is 1.92. The molecule has 18 heavy (non-hydrogen) atoms. The van der Waals surface area contributed by atoms with Crippen LogP contribution in [-0.2, 0) is 20.8 Å². The van der Waals surface area contributed by atoms with E-state index in [-0.39, 0.29) is 24.0 Å². The van der Waals surface area contributed by atoms with Gasteiger partial charge in [0.15, 0.2) is 0 Å². The zero-order chi connectivity index (χ0) is 13.0. The molecule has 2 rings (SSSR count). The molecule has 1 aromatic carbocycles. The topological polar surface area (TPSA) is 47.6 Å². The normalized spacial score (nSPS) is 14.2. The molecule has 0 aromatic heterocycles. The van der Waals surface area contributed by atoms with E-state index in [2.05, 4.69) is 5.32 Å². The first-order valence-electron chi connectivity index (χ1n) is 5.64. The third-order valence-electron chi connectivity index (χ3n) is 2.56. The highest BCUT2D eigenvalue weighted by molar-refractivity contribution is 5.91. The maximum Gasteiger partial charge on any atom is 0.289 e. The van der Waals surface area contributed by atoms with Crippen molar-refractivity contribution >= 4 is 5.91 Å². The number of halogens is 1. The average molecular weight is 251 g/mol. The van der Waals surface area contributed by atoms with Crippen LogP contribution >= 0.6 is 0 Å².